The summed E-state index contributed by atoms with van der Waals surface area (Å²) in [6.45, 7) is 4.00. The second kappa shape index (κ2) is 6.52. The van der Waals surface area contributed by atoms with Gasteiger partial charge in [0.25, 0.3) is 0 Å². The standard InChI is InChI=1S/C14H20N2O2/c1-11-13(15-9-10-18-11)14(17)16-8-7-12-5-3-2-4-6-12/h2-6,11,13,15H,7-10H2,1H3,(H,16,17)/t11-,13+/m1/s1. The number of carbonyl (C=O) groups excluding carboxylic acids is 1. The van der Waals surface area contributed by atoms with Crippen LogP contribution in [0.1, 0.15) is 12.5 Å². The Kier molecular flexibility index (Phi) is 4.73. The number of rotatable bonds is 4. The zero-order valence-electron chi connectivity index (χ0n) is 10.7. The van der Waals surface area contributed by atoms with E-state index in [-0.39, 0.29) is 18.1 Å². The van der Waals surface area contributed by atoms with Crippen LogP contribution in [-0.4, -0.2) is 37.7 Å². The molecule has 1 saturated heterocycles. The van der Waals surface area contributed by atoms with Gasteiger partial charge in [-0.1, -0.05) is 30.3 Å². The zero-order valence-corrected chi connectivity index (χ0v) is 10.7. The number of carbonyl (C=O) groups is 1. The second-order valence-corrected chi connectivity index (χ2v) is 4.53. The molecular formula is C14H20N2O2. The van der Waals surface area contributed by atoms with Crippen LogP contribution in [0.4, 0.5) is 0 Å². The molecule has 1 aromatic rings. The lowest BCUT2D eigenvalue weighted by Crippen LogP contribution is -2.55. The van der Waals surface area contributed by atoms with Crippen LogP contribution in [0.2, 0.25) is 0 Å². The monoisotopic (exact) mass is 248 g/mol. The topological polar surface area (TPSA) is 50.4 Å². The van der Waals surface area contributed by atoms with E-state index in [4.69, 9.17) is 4.74 Å². The highest BCUT2D eigenvalue weighted by atomic mass is 16.5. The van der Waals surface area contributed by atoms with Crippen molar-refractivity contribution in [2.24, 2.45) is 0 Å². The average Bonchev–Trinajstić information content (AvgIpc) is 2.40. The molecule has 0 spiro atoms. The van der Waals surface area contributed by atoms with Gasteiger partial charge in [0.1, 0.15) is 6.04 Å². The molecule has 4 heteroatoms. The Hall–Kier alpha value is -1.39. The summed E-state index contributed by atoms with van der Waals surface area (Å²) in [6, 6.07) is 9.92. The number of hydrogen-bond acceptors (Lipinski definition) is 3. The SMILES string of the molecule is C[C@H]1OCCN[C@@H]1C(=O)NCCc1ccccc1. The van der Waals surface area contributed by atoms with E-state index in [9.17, 15) is 4.79 Å². The van der Waals surface area contributed by atoms with Crippen LogP contribution >= 0.6 is 0 Å². The third-order valence-electron chi connectivity index (χ3n) is 3.15. The van der Waals surface area contributed by atoms with Crippen LogP contribution in [-0.2, 0) is 16.0 Å². The van der Waals surface area contributed by atoms with Gasteiger partial charge in [0.2, 0.25) is 5.91 Å². The highest BCUT2D eigenvalue weighted by molar-refractivity contribution is 5.82. The van der Waals surface area contributed by atoms with Gasteiger partial charge in [-0.15, -0.1) is 0 Å². The average molecular weight is 248 g/mol. The zero-order chi connectivity index (χ0) is 12.8. The summed E-state index contributed by atoms with van der Waals surface area (Å²) in [6.07, 6.45) is 0.796. The Morgan fingerprint density at radius 3 is 2.94 bits per heavy atom. The fourth-order valence-electron chi connectivity index (χ4n) is 2.11. The predicted octanol–water partition coefficient (Wildman–Crippen LogP) is 0.722. The summed E-state index contributed by atoms with van der Waals surface area (Å²) < 4.78 is 5.45. The Labute approximate surface area is 108 Å². The van der Waals surface area contributed by atoms with Crippen LogP contribution < -0.4 is 10.6 Å². The first kappa shape index (κ1) is 13.1. The molecule has 0 radical (unpaired) electrons. The summed E-state index contributed by atoms with van der Waals surface area (Å²) in [5.74, 6) is 0.0260. The number of amides is 1. The van der Waals surface area contributed by atoms with E-state index in [1.165, 1.54) is 5.56 Å². The number of nitrogens with one attached hydrogen (secondary N) is 2. The van der Waals surface area contributed by atoms with E-state index in [1.807, 2.05) is 25.1 Å². The Morgan fingerprint density at radius 2 is 2.22 bits per heavy atom. The molecule has 18 heavy (non-hydrogen) atoms. The van der Waals surface area contributed by atoms with E-state index in [1.54, 1.807) is 0 Å². The summed E-state index contributed by atoms with van der Waals surface area (Å²) in [7, 11) is 0. The normalized spacial score (nSPS) is 23.6. The molecule has 2 rings (SSSR count). The van der Waals surface area contributed by atoms with Gasteiger partial charge in [-0.3, -0.25) is 4.79 Å². The molecule has 1 aliphatic heterocycles. The van der Waals surface area contributed by atoms with Gasteiger partial charge >= 0.3 is 0 Å². The number of hydrogen-bond donors (Lipinski definition) is 2. The van der Waals surface area contributed by atoms with E-state index in [2.05, 4.69) is 22.8 Å². The van der Waals surface area contributed by atoms with E-state index in [0.717, 1.165) is 13.0 Å². The Morgan fingerprint density at radius 1 is 1.44 bits per heavy atom. The fraction of sp³-hybridized carbons (Fsp3) is 0.500. The molecule has 1 aromatic carbocycles. The van der Waals surface area contributed by atoms with Crippen molar-refractivity contribution in [1.29, 1.82) is 0 Å². The smallest absolute Gasteiger partial charge is 0.239 e. The van der Waals surface area contributed by atoms with Crippen molar-refractivity contribution in [1.82, 2.24) is 10.6 Å². The number of morpholine rings is 1. The maximum atomic E-state index is 11.9. The Balaban J connectivity index is 1.74. The minimum absolute atomic E-state index is 0.0260. The first-order valence-electron chi connectivity index (χ1n) is 6.44. The van der Waals surface area contributed by atoms with Crippen molar-refractivity contribution in [2.75, 3.05) is 19.7 Å². The lowest BCUT2D eigenvalue weighted by atomic mass is 10.1. The molecule has 2 atom stereocenters. The highest BCUT2D eigenvalue weighted by Crippen LogP contribution is 2.04. The predicted molar refractivity (Wildman–Crippen MR) is 70.4 cm³/mol. The summed E-state index contributed by atoms with van der Waals surface area (Å²) in [4.78, 5) is 11.9. The van der Waals surface area contributed by atoms with Crippen molar-refractivity contribution < 1.29 is 9.53 Å². The lowest BCUT2D eigenvalue weighted by molar-refractivity contribution is -0.128. The van der Waals surface area contributed by atoms with Crippen molar-refractivity contribution >= 4 is 5.91 Å². The van der Waals surface area contributed by atoms with Crippen LogP contribution in [0.5, 0.6) is 0 Å². The molecule has 1 amide bonds. The molecule has 0 aliphatic carbocycles. The molecule has 0 unspecified atom stereocenters. The minimum Gasteiger partial charge on any atom is -0.375 e. The second-order valence-electron chi connectivity index (χ2n) is 4.53. The maximum absolute atomic E-state index is 11.9. The highest BCUT2D eigenvalue weighted by Gasteiger charge is 2.27. The maximum Gasteiger partial charge on any atom is 0.239 e. The largest absolute Gasteiger partial charge is 0.375 e. The lowest BCUT2D eigenvalue weighted by Gasteiger charge is -2.29. The van der Waals surface area contributed by atoms with Crippen molar-refractivity contribution in [3.05, 3.63) is 35.9 Å². The fourth-order valence-corrected chi connectivity index (χ4v) is 2.11. The summed E-state index contributed by atoms with van der Waals surface area (Å²) >= 11 is 0. The van der Waals surface area contributed by atoms with E-state index < -0.39 is 0 Å². The minimum atomic E-state index is -0.227. The molecule has 1 fully saturated rings. The van der Waals surface area contributed by atoms with Crippen molar-refractivity contribution in [3.63, 3.8) is 0 Å². The van der Waals surface area contributed by atoms with Gasteiger partial charge in [0, 0.05) is 13.1 Å². The van der Waals surface area contributed by atoms with Gasteiger partial charge in [0.15, 0.2) is 0 Å². The first-order valence-corrected chi connectivity index (χ1v) is 6.44. The van der Waals surface area contributed by atoms with Crippen molar-refractivity contribution in [2.45, 2.75) is 25.5 Å². The van der Waals surface area contributed by atoms with Crippen molar-refractivity contribution in [3.8, 4) is 0 Å². The number of benzene rings is 1. The summed E-state index contributed by atoms with van der Waals surface area (Å²) in [5.41, 5.74) is 1.23. The summed E-state index contributed by atoms with van der Waals surface area (Å²) in [5, 5.41) is 6.13. The van der Waals surface area contributed by atoms with E-state index >= 15 is 0 Å². The Bertz CT molecular complexity index is 381. The van der Waals surface area contributed by atoms with Crippen LogP contribution in [0.3, 0.4) is 0 Å². The van der Waals surface area contributed by atoms with E-state index in [0.29, 0.717) is 13.2 Å². The van der Waals surface area contributed by atoms with Gasteiger partial charge in [-0.2, -0.15) is 0 Å². The van der Waals surface area contributed by atoms with Crippen LogP contribution in [0, 0.1) is 0 Å². The molecule has 0 saturated carbocycles. The van der Waals surface area contributed by atoms with Crippen LogP contribution in [0.15, 0.2) is 30.3 Å². The van der Waals surface area contributed by atoms with Gasteiger partial charge in [-0.05, 0) is 18.9 Å². The molecule has 98 valence electrons. The van der Waals surface area contributed by atoms with Crippen LogP contribution in [0.25, 0.3) is 0 Å². The molecule has 0 aromatic heterocycles. The number of ether oxygens (including phenoxy) is 1. The quantitative estimate of drug-likeness (QED) is 0.825. The molecule has 1 heterocycles. The molecule has 0 bridgehead atoms. The van der Waals surface area contributed by atoms with Gasteiger partial charge < -0.3 is 15.4 Å². The third-order valence-corrected chi connectivity index (χ3v) is 3.15. The van der Waals surface area contributed by atoms with Gasteiger partial charge in [0.05, 0.1) is 12.7 Å². The third kappa shape index (κ3) is 3.55. The molecule has 1 aliphatic rings. The first-order chi connectivity index (χ1) is 8.77. The molecular weight excluding hydrogens is 228 g/mol. The van der Waals surface area contributed by atoms with Gasteiger partial charge in [-0.25, -0.2) is 0 Å². The molecule has 2 N–H and O–H groups in total. The molecule has 4 nitrogen and oxygen atoms in total.